The fraction of sp³-hybridized carbons (Fsp3) is 0.950. The van der Waals surface area contributed by atoms with Crippen molar-refractivity contribution in [2.45, 2.75) is 205 Å². The molecular weight excluding hydrogens is 716 g/mol. The second-order valence-electron chi connectivity index (χ2n) is 18.0. The summed E-state index contributed by atoms with van der Waals surface area (Å²) in [5.41, 5.74) is -4.67. The summed E-state index contributed by atoms with van der Waals surface area (Å²) in [6.07, 6.45) is -9.46. The average molecular weight is 789 g/mol. The number of esters is 1. The van der Waals surface area contributed by atoms with Gasteiger partial charge in [0.1, 0.15) is 17.8 Å². The van der Waals surface area contributed by atoms with Crippen LogP contribution in [0.3, 0.4) is 0 Å². The van der Waals surface area contributed by atoms with Crippen molar-refractivity contribution in [2.75, 3.05) is 14.2 Å². The minimum Gasteiger partial charge on any atom is -0.459 e. The number of amidine groups is 1. The molecule has 15 nitrogen and oxygen atoms in total. The van der Waals surface area contributed by atoms with Gasteiger partial charge in [-0.1, -0.05) is 27.7 Å². The van der Waals surface area contributed by atoms with Crippen LogP contribution in [0.5, 0.6) is 0 Å². The number of carbonyl (C=O) groups excluding carboxylic acids is 1. The van der Waals surface area contributed by atoms with Crippen molar-refractivity contribution in [1.29, 1.82) is 0 Å². The molecule has 4 rings (SSSR count). The fourth-order valence-corrected chi connectivity index (χ4v) is 9.26. The number of aliphatic imine (C=N–C) groups is 1. The second kappa shape index (κ2) is 17.7. The number of ether oxygens (including phenoxy) is 7. The number of hydrogen-bond donors (Lipinski definition) is 5. The predicted molar refractivity (Wildman–Crippen MR) is 203 cm³/mol. The van der Waals surface area contributed by atoms with E-state index in [1.54, 1.807) is 48.5 Å². The van der Waals surface area contributed by atoms with E-state index in [9.17, 15) is 30.3 Å². The maximum Gasteiger partial charge on any atom is 0.311 e. The predicted octanol–water partition coefficient (Wildman–Crippen LogP) is 2.75. The lowest BCUT2D eigenvalue weighted by Gasteiger charge is -2.49. The normalized spacial score (nSPS) is 50.0. The van der Waals surface area contributed by atoms with E-state index in [0.29, 0.717) is 12.4 Å². The molecule has 320 valence electrons. The van der Waals surface area contributed by atoms with Crippen LogP contribution in [-0.2, 0) is 38.0 Å². The fourth-order valence-electron chi connectivity index (χ4n) is 9.26. The summed E-state index contributed by atoms with van der Waals surface area (Å²) in [6, 6.07) is 0.311. The van der Waals surface area contributed by atoms with Gasteiger partial charge in [0.2, 0.25) is 0 Å². The number of rotatable bonds is 7. The molecular formula is C40H72N2O13. The van der Waals surface area contributed by atoms with Crippen LogP contribution in [-0.4, -0.2) is 153 Å². The van der Waals surface area contributed by atoms with Gasteiger partial charge in [0.05, 0.1) is 59.8 Å². The molecule has 4 heterocycles. The van der Waals surface area contributed by atoms with Gasteiger partial charge in [-0.15, -0.1) is 0 Å². The number of nitrogens with zero attached hydrogens (tertiary/aromatic N) is 2. The van der Waals surface area contributed by atoms with Crippen LogP contribution in [0, 0.1) is 23.7 Å². The Balaban J connectivity index is 1.83. The van der Waals surface area contributed by atoms with Gasteiger partial charge >= 0.3 is 5.97 Å². The molecule has 4 aliphatic rings. The molecule has 0 radical (unpaired) electrons. The van der Waals surface area contributed by atoms with Gasteiger partial charge in [-0.05, 0) is 80.6 Å². The van der Waals surface area contributed by atoms with Crippen molar-refractivity contribution < 1.29 is 63.5 Å². The summed E-state index contributed by atoms with van der Waals surface area (Å²) in [7, 11) is 3.43. The highest BCUT2D eigenvalue weighted by Crippen LogP contribution is 2.42. The van der Waals surface area contributed by atoms with Crippen molar-refractivity contribution in [1.82, 2.24) is 4.90 Å². The van der Waals surface area contributed by atoms with Crippen LogP contribution >= 0.6 is 0 Å². The number of likely N-dealkylation sites (N-methyl/N-ethyl adjacent to an activating group) is 1. The Bertz CT molecular complexity index is 1320. The first-order chi connectivity index (χ1) is 25.4. The van der Waals surface area contributed by atoms with E-state index in [-0.39, 0.29) is 37.5 Å². The third kappa shape index (κ3) is 9.63. The number of aliphatic hydroxyl groups excluding tert-OH is 3. The molecule has 15 heteroatoms. The molecule has 19 atom stereocenters. The van der Waals surface area contributed by atoms with Gasteiger partial charge in [0, 0.05) is 38.5 Å². The molecule has 55 heavy (non-hydrogen) atoms. The van der Waals surface area contributed by atoms with Crippen molar-refractivity contribution in [3.8, 4) is 0 Å². The van der Waals surface area contributed by atoms with Gasteiger partial charge < -0.3 is 63.6 Å². The van der Waals surface area contributed by atoms with E-state index < -0.39 is 108 Å². The summed E-state index contributed by atoms with van der Waals surface area (Å²) >= 11 is 0. The number of hydrogen-bond acceptors (Lipinski definition) is 14. The molecule has 1 unspecified atom stereocenters. The molecule has 0 spiro atoms. The van der Waals surface area contributed by atoms with Gasteiger partial charge in [0.15, 0.2) is 18.7 Å². The van der Waals surface area contributed by atoms with Crippen LogP contribution < -0.4 is 0 Å². The zero-order valence-corrected chi connectivity index (χ0v) is 35.5. The van der Waals surface area contributed by atoms with Crippen molar-refractivity contribution in [2.24, 2.45) is 28.7 Å². The van der Waals surface area contributed by atoms with Gasteiger partial charge in [-0.25, -0.2) is 4.99 Å². The minimum absolute atomic E-state index is 0.00673. The first-order valence-corrected chi connectivity index (χ1v) is 20.2. The lowest BCUT2D eigenvalue weighted by atomic mass is 9.73. The smallest absolute Gasteiger partial charge is 0.311 e. The topological polar surface area (TPSA) is 198 Å². The largest absolute Gasteiger partial charge is 0.459 e. The van der Waals surface area contributed by atoms with E-state index in [2.05, 4.69) is 4.99 Å². The van der Waals surface area contributed by atoms with Crippen LogP contribution in [0.15, 0.2) is 4.99 Å². The molecule has 0 saturated carbocycles. The van der Waals surface area contributed by atoms with Gasteiger partial charge in [-0.2, -0.15) is 0 Å². The van der Waals surface area contributed by atoms with Crippen LogP contribution in [0.2, 0.25) is 0 Å². The van der Waals surface area contributed by atoms with Crippen LogP contribution in [0.1, 0.15) is 109 Å². The lowest BCUT2D eigenvalue weighted by Crippen LogP contribution is -2.61. The molecule has 4 saturated heterocycles. The second-order valence-corrected chi connectivity index (χ2v) is 18.0. The molecule has 0 amide bonds. The lowest BCUT2D eigenvalue weighted by molar-refractivity contribution is -0.314. The Morgan fingerprint density at radius 2 is 1.56 bits per heavy atom. The van der Waals surface area contributed by atoms with E-state index in [1.165, 1.54) is 14.0 Å². The average Bonchev–Trinajstić information content (AvgIpc) is 3.41. The summed E-state index contributed by atoms with van der Waals surface area (Å²) in [6.45, 7) is 20.9. The first-order valence-electron chi connectivity index (χ1n) is 20.2. The van der Waals surface area contributed by atoms with Gasteiger partial charge in [0.25, 0.3) is 6.02 Å². The molecule has 0 bridgehead atoms. The highest BCUT2D eigenvalue weighted by molar-refractivity contribution is 5.76. The van der Waals surface area contributed by atoms with Gasteiger partial charge in [-0.3, -0.25) is 4.79 Å². The van der Waals surface area contributed by atoms with E-state index in [0.717, 1.165) is 0 Å². The van der Waals surface area contributed by atoms with Crippen LogP contribution in [0.4, 0.5) is 0 Å². The SMILES string of the molecule is CC[C@H]1OC(=O)[C@H](C)[C@@H](O[C@H]2C[C@@](C)(OC)[C@@H](O)[C@H](C)O2)[C@H](C)[C@@H](O[C@@H]2O[C@H](C)C[C@H]3[C@H]2OC(=NC(C)C)N3C)[C@](C)(O)C[C@@H](C)C(O)[C@H](C)[C@@H](O)[C@]1(C)O. The summed E-state index contributed by atoms with van der Waals surface area (Å²) < 4.78 is 44.4. The number of cyclic esters (lactones) is 1. The number of methoxy groups -OCH3 is 1. The number of aliphatic hydroxyl groups is 5. The first kappa shape index (κ1) is 46.0. The molecule has 5 N–H and O–H groups in total. The molecule has 0 aromatic rings. The summed E-state index contributed by atoms with van der Waals surface area (Å²) in [5, 5.41) is 58.4. The van der Waals surface area contributed by atoms with Crippen molar-refractivity contribution in [3.63, 3.8) is 0 Å². The Kier molecular flexibility index (Phi) is 14.8. The molecule has 0 aliphatic carbocycles. The zero-order valence-electron chi connectivity index (χ0n) is 35.5. The van der Waals surface area contributed by atoms with E-state index in [1.807, 2.05) is 39.6 Å². The maximum atomic E-state index is 14.2. The van der Waals surface area contributed by atoms with Crippen molar-refractivity contribution in [3.05, 3.63) is 0 Å². The number of carbonyl (C=O) groups is 1. The van der Waals surface area contributed by atoms with E-state index in [4.69, 9.17) is 33.2 Å². The Morgan fingerprint density at radius 3 is 2.15 bits per heavy atom. The van der Waals surface area contributed by atoms with E-state index >= 15 is 0 Å². The van der Waals surface area contributed by atoms with Crippen LogP contribution in [0.25, 0.3) is 0 Å². The quantitative estimate of drug-likeness (QED) is 0.236. The minimum atomic E-state index is -1.93. The molecule has 0 aromatic heterocycles. The highest BCUT2D eigenvalue weighted by atomic mass is 16.7. The Labute approximate surface area is 328 Å². The summed E-state index contributed by atoms with van der Waals surface area (Å²) in [4.78, 5) is 20.9. The molecule has 0 aromatic carbocycles. The Morgan fingerprint density at radius 1 is 0.927 bits per heavy atom. The third-order valence-corrected chi connectivity index (χ3v) is 12.8. The summed E-state index contributed by atoms with van der Waals surface area (Å²) in [5.74, 6) is -4.01. The monoisotopic (exact) mass is 789 g/mol. The zero-order chi connectivity index (χ0) is 41.5. The number of fused-ring (bicyclic) bond motifs is 1. The Hall–Kier alpha value is -1.66. The molecule has 4 aliphatic heterocycles. The standard InChI is InChI=1S/C40H72N2O13/c1-15-27-40(12,48)32(44)22(6)29(43)20(4)17-38(10,47)34(55-36-31-26(16-21(5)50-36)42(13)37(54-31)41-19(2)3)23(7)30(24(8)35(46)52-27)53-28-18-39(11,49-14)33(45)25(9)51-28/h19-34,36,43-45,47-48H,15-18H2,1-14H3/t20-,21-,22+,23+,24-,25+,26+,27-,28+,29?,30+,31-,32-,33+,34-,36+,38-,39-,40-/m1/s1. The molecule has 4 fully saturated rings. The maximum absolute atomic E-state index is 14.2. The highest BCUT2D eigenvalue weighted by Gasteiger charge is 2.55. The van der Waals surface area contributed by atoms with Crippen molar-refractivity contribution >= 4 is 12.0 Å². The third-order valence-electron chi connectivity index (χ3n) is 12.8.